The van der Waals surface area contributed by atoms with Crippen LogP contribution in [0.4, 0.5) is 4.39 Å². The highest BCUT2D eigenvalue weighted by molar-refractivity contribution is 9.10. The molecule has 1 atom stereocenters. The largest absolute Gasteiger partial charge is 0.342 e. The fourth-order valence-corrected chi connectivity index (χ4v) is 2.50. The van der Waals surface area contributed by atoms with Gasteiger partial charge in [0.25, 0.3) is 0 Å². The number of carbonyl (C=O) groups excluding carboxylic acids is 1. The van der Waals surface area contributed by atoms with Gasteiger partial charge in [-0.3, -0.25) is 4.79 Å². The van der Waals surface area contributed by atoms with Crippen molar-refractivity contribution in [2.45, 2.75) is 13.0 Å². The van der Waals surface area contributed by atoms with E-state index in [1.54, 1.807) is 24.3 Å². The minimum Gasteiger partial charge on any atom is -0.342 e. The van der Waals surface area contributed by atoms with Crippen LogP contribution in [0.1, 0.15) is 24.1 Å². The number of allylic oxidation sites excluding steroid dienone is 3. The van der Waals surface area contributed by atoms with Gasteiger partial charge in [0.1, 0.15) is 5.82 Å². The SMILES string of the molecule is C/C=C/C=C/C(=O)N[C@H](c1ccccc1)c1ccc(Br)cc1F. The molecule has 0 aliphatic rings. The van der Waals surface area contributed by atoms with Gasteiger partial charge in [0.15, 0.2) is 0 Å². The molecule has 0 unspecified atom stereocenters. The van der Waals surface area contributed by atoms with E-state index < -0.39 is 6.04 Å². The number of nitrogens with one attached hydrogen (secondary N) is 1. The van der Waals surface area contributed by atoms with Crippen molar-refractivity contribution in [1.82, 2.24) is 5.32 Å². The third kappa shape index (κ3) is 4.89. The Morgan fingerprint density at radius 3 is 2.57 bits per heavy atom. The van der Waals surface area contributed by atoms with Gasteiger partial charge in [0.05, 0.1) is 6.04 Å². The van der Waals surface area contributed by atoms with Crippen LogP contribution >= 0.6 is 15.9 Å². The fourth-order valence-electron chi connectivity index (χ4n) is 2.17. The molecule has 0 aliphatic carbocycles. The molecule has 0 radical (unpaired) electrons. The molecule has 0 saturated heterocycles. The third-order valence-electron chi connectivity index (χ3n) is 3.24. The van der Waals surface area contributed by atoms with Gasteiger partial charge in [-0.25, -0.2) is 4.39 Å². The van der Waals surface area contributed by atoms with Crippen LogP contribution < -0.4 is 5.32 Å². The van der Waals surface area contributed by atoms with Crippen LogP contribution in [0, 0.1) is 5.82 Å². The molecular weight excluding hydrogens is 357 g/mol. The zero-order valence-electron chi connectivity index (χ0n) is 12.7. The van der Waals surface area contributed by atoms with E-state index in [1.807, 2.05) is 43.3 Å². The first-order valence-electron chi connectivity index (χ1n) is 7.21. The second-order valence-corrected chi connectivity index (χ2v) is 5.82. The maximum atomic E-state index is 14.3. The smallest absolute Gasteiger partial charge is 0.244 e. The first-order chi connectivity index (χ1) is 11.1. The van der Waals surface area contributed by atoms with Crippen LogP contribution in [0.15, 0.2) is 77.3 Å². The minimum atomic E-state index is -0.549. The Morgan fingerprint density at radius 1 is 1.17 bits per heavy atom. The van der Waals surface area contributed by atoms with Gasteiger partial charge in [-0.15, -0.1) is 0 Å². The lowest BCUT2D eigenvalue weighted by Gasteiger charge is -2.19. The number of hydrogen-bond acceptors (Lipinski definition) is 1. The molecule has 118 valence electrons. The Labute approximate surface area is 143 Å². The Bertz CT molecular complexity index is 725. The molecule has 2 aromatic carbocycles. The van der Waals surface area contributed by atoms with E-state index in [0.29, 0.717) is 10.0 Å². The summed E-state index contributed by atoms with van der Waals surface area (Å²) in [7, 11) is 0. The molecule has 0 aliphatic heterocycles. The summed E-state index contributed by atoms with van der Waals surface area (Å²) in [5.74, 6) is -0.648. The van der Waals surface area contributed by atoms with E-state index in [2.05, 4.69) is 21.2 Å². The number of carbonyl (C=O) groups is 1. The van der Waals surface area contributed by atoms with Crippen LogP contribution in [0.25, 0.3) is 0 Å². The molecular formula is C19H17BrFNO. The summed E-state index contributed by atoms with van der Waals surface area (Å²) in [5.41, 5.74) is 1.24. The minimum absolute atomic E-state index is 0.278. The summed E-state index contributed by atoms with van der Waals surface area (Å²) in [6.45, 7) is 1.87. The number of hydrogen-bond donors (Lipinski definition) is 1. The van der Waals surface area contributed by atoms with Gasteiger partial charge < -0.3 is 5.32 Å². The normalized spacial score (nSPS) is 12.7. The second kappa shape index (κ2) is 8.44. The lowest BCUT2D eigenvalue weighted by atomic mass is 9.98. The van der Waals surface area contributed by atoms with E-state index >= 15 is 0 Å². The highest BCUT2D eigenvalue weighted by Crippen LogP contribution is 2.26. The van der Waals surface area contributed by atoms with Crippen molar-refractivity contribution in [1.29, 1.82) is 0 Å². The van der Waals surface area contributed by atoms with Gasteiger partial charge in [0.2, 0.25) is 5.91 Å². The van der Waals surface area contributed by atoms with Gasteiger partial charge >= 0.3 is 0 Å². The van der Waals surface area contributed by atoms with Crippen molar-refractivity contribution >= 4 is 21.8 Å². The lowest BCUT2D eigenvalue weighted by molar-refractivity contribution is -0.117. The quantitative estimate of drug-likeness (QED) is 0.584. The number of benzene rings is 2. The number of amides is 1. The van der Waals surface area contributed by atoms with E-state index in [0.717, 1.165) is 5.56 Å². The first kappa shape index (κ1) is 17.2. The summed E-state index contributed by atoms with van der Waals surface area (Å²) < 4.78 is 15.0. The van der Waals surface area contributed by atoms with Crippen molar-refractivity contribution in [3.63, 3.8) is 0 Å². The summed E-state index contributed by atoms with van der Waals surface area (Å²) in [5, 5.41) is 2.85. The van der Waals surface area contributed by atoms with Crippen LogP contribution in [0.5, 0.6) is 0 Å². The Morgan fingerprint density at radius 2 is 1.91 bits per heavy atom. The molecule has 0 saturated carbocycles. The monoisotopic (exact) mass is 373 g/mol. The molecule has 1 amide bonds. The maximum Gasteiger partial charge on any atom is 0.244 e. The van der Waals surface area contributed by atoms with Gasteiger partial charge in [-0.2, -0.15) is 0 Å². The number of rotatable bonds is 5. The van der Waals surface area contributed by atoms with Crippen molar-refractivity contribution in [2.24, 2.45) is 0 Å². The maximum absolute atomic E-state index is 14.3. The second-order valence-electron chi connectivity index (χ2n) is 4.90. The Hall–Kier alpha value is -2.20. The predicted molar refractivity (Wildman–Crippen MR) is 94.5 cm³/mol. The van der Waals surface area contributed by atoms with Crippen molar-refractivity contribution in [3.8, 4) is 0 Å². The van der Waals surface area contributed by atoms with Crippen molar-refractivity contribution in [2.75, 3.05) is 0 Å². The standard InChI is InChI=1S/C19H17BrFNO/c1-2-3-5-10-18(23)22-19(14-8-6-4-7-9-14)16-12-11-15(20)13-17(16)21/h2-13,19H,1H3,(H,22,23)/b3-2+,10-5+/t19-/m1/s1. The molecule has 1 N–H and O–H groups in total. The Kier molecular flexibility index (Phi) is 6.29. The molecule has 23 heavy (non-hydrogen) atoms. The summed E-state index contributed by atoms with van der Waals surface area (Å²) in [4.78, 5) is 12.1. The molecule has 0 spiro atoms. The highest BCUT2D eigenvalue weighted by Gasteiger charge is 2.19. The highest BCUT2D eigenvalue weighted by atomic mass is 79.9. The zero-order valence-corrected chi connectivity index (χ0v) is 14.3. The summed E-state index contributed by atoms with van der Waals surface area (Å²) in [6.07, 6.45) is 6.66. The lowest BCUT2D eigenvalue weighted by Crippen LogP contribution is -2.28. The Balaban J connectivity index is 2.35. The van der Waals surface area contributed by atoms with Gasteiger partial charge in [0, 0.05) is 16.1 Å². The van der Waals surface area contributed by atoms with Crippen LogP contribution in [-0.2, 0) is 4.79 Å². The number of halogens is 2. The molecule has 2 rings (SSSR count). The van der Waals surface area contributed by atoms with Crippen LogP contribution in [-0.4, -0.2) is 5.91 Å². The molecule has 0 aromatic heterocycles. The first-order valence-corrected chi connectivity index (χ1v) is 8.01. The van der Waals surface area contributed by atoms with E-state index in [9.17, 15) is 9.18 Å². The molecule has 2 aromatic rings. The van der Waals surface area contributed by atoms with Crippen LogP contribution in [0.2, 0.25) is 0 Å². The van der Waals surface area contributed by atoms with Crippen molar-refractivity contribution < 1.29 is 9.18 Å². The van der Waals surface area contributed by atoms with Gasteiger partial charge in [-0.05, 0) is 24.6 Å². The molecule has 0 heterocycles. The van der Waals surface area contributed by atoms with Gasteiger partial charge in [-0.1, -0.05) is 70.6 Å². The van der Waals surface area contributed by atoms with Crippen molar-refractivity contribution in [3.05, 3.63) is 94.3 Å². The topological polar surface area (TPSA) is 29.1 Å². The average Bonchev–Trinajstić information content (AvgIpc) is 2.54. The molecule has 2 nitrogen and oxygen atoms in total. The van der Waals surface area contributed by atoms with E-state index in [-0.39, 0.29) is 11.7 Å². The average molecular weight is 374 g/mol. The summed E-state index contributed by atoms with van der Waals surface area (Å²) in [6, 6.07) is 13.6. The summed E-state index contributed by atoms with van der Waals surface area (Å²) >= 11 is 3.25. The predicted octanol–water partition coefficient (Wildman–Crippen LogP) is 4.93. The van der Waals surface area contributed by atoms with Crippen LogP contribution in [0.3, 0.4) is 0 Å². The molecule has 0 fully saturated rings. The van der Waals surface area contributed by atoms with E-state index in [1.165, 1.54) is 12.1 Å². The van der Waals surface area contributed by atoms with E-state index in [4.69, 9.17) is 0 Å². The fraction of sp³-hybridized carbons (Fsp3) is 0.105. The molecule has 4 heteroatoms. The zero-order chi connectivity index (χ0) is 16.7. The molecule has 0 bridgehead atoms. The third-order valence-corrected chi connectivity index (χ3v) is 3.74.